The number of hydrogen-bond donors (Lipinski definition) is 3. The molecule has 1 aliphatic carbocycles. The van der Waals surface area contributed by atoms with Gasteiger partial charge in [-0.1, -0.05) is 18.2 Å². The van der Waals surface area contributed by atoms with Crippen molar-refractivity contribution in [3.63, 3.8) is 0 Å². The minimum Gasteiger partial charge on any atom is -0.487 e. The van der Waals surface area contributed by atoms with Gasteiger partial charge in [-0.3, -0.25) is 4.79 Å². The van der Waals surface area contributed by atoms with E-state index in [0.29, 0.717) is 25.5 Å². The molecule has 0 spiro atoms. The molecule has 0 aromatic heterocycles. The zero-order chi connectivity index (χ0) is 24.9. The van der Waals surface area contributed by atoms with Gasteiger partial charge in [0.05, 0.1) is 17.8 Å². The van der Waals surface area contributed by atoms with Gasteiger partial charge in [-0.15, -0.1) is 0 Å². The molecule has 6 nitrogen and oxygen atoms in total. The first kappa shape index (κ1) is 26.4. The van der Waals surface area contributed by atoms with Crippen LogP contribution in [-0.2, 0) is 15.7 Å². The Morgan fingerprint density at radius 3 is 2.76 bits per heavy atom. The Morgan fingerprint density at radius 2 is 2.06 bits per heavy atom. The number of benzene rings is 1. The van der Waals surface area contributed by atoms with E-state index in [1.54, 1.807) is 6.08 Å². The summed E-state index contributed by atoms with van der Waals surface area (Å²) in [6, 6.07) is 2.70. The Balaban J connectivity index is 1.54. The lowest BCUT2D eigenvalue weighted by atomic mass is 9.86. The number of alkyl halides is 3. The number of carboxylic acids is 1. The van der Waals surface area contributed by atoms with E-state index in [9.17, 15) is 32.6 Å². The highest BCUT2D eigenvalue weighted by Gasteiger charge is 2.43. The van der Waals surface area contributed by atoms with Crippen LogP contribution >= 0.6 is 0 Å². The number of aliphatic carboxylic acids is 1. The van der Waals surface area contributed by atoms with Crippen LogP contribution in [0.3, 0.4) is 0 Å². The lowest BCUT2D eigenvalue weighted by Crippen LogP contribution is -2.22. The fourth-order valence-corrected chi connectivity index (χ4v) is 4.81. The van der Waals surface area contributed by atoms with Crippen molar-refractivity contribution in [2.24, 2.45) is 17.8 Å². The predicted octanol–water partition coefficient (Wildman–Crippen LogP) is 4.19. The quantitative estimate of drug-likeness (QED) is 0.355. The normalized spacial score (nSPS) is 28.5. The Hall–Kier alpha value is -2.17. The van der Waals surface area contributed by atoms with E-state index in [0.717, 1.165) is 31.4 Å². The third-order valence-corrected chi connectivity index (χ3v) is 6.58. The maximum Gasteiger partial charge on any atom is 0.419 e. The highest BCUT2D eigenvalue weighted by molar-refractivity contribution is 5.66. The average molecular weight is 490 g/mol. The number of carbonyl (C=O) groups is 1. The molecule has 3 N–H and O–H groups in total. The number of hydrogen-bond acceptors (Lipinski definition) is 5. The monoisotopic (exact) mass is 490 g/mol. The zero-order valence-corrected chi connectivity index (χ0v) is 18.6. The smallest absolute Gasteiger partial charge is 0.419 e. The van der Waals surface area contributed by atoms with Crippen LogP contribution in [0.1, 0.15) is 44.1 Å². The second-order valence-electron chi connectivity index (χ2n) is 9.02. The number of aliphatic hydroxyl groups is 2. The van der Waals surface area contributed by atoms with Gasteiger partial charge in [-0.2, -0.15) is 13.2 Å². The van der Waals surface area contributed by atoms with Gasteiger partial charge in [-0.25, -0.2) is 4.39 Å². The maximum absolute atomic E-state index is 14.1. The first-order valence-electron chi connectivity index (χ1n) is 11.4. The molecule has 10 heteroatoms. The van der Waals surface area contributed by atoms with Crippen molar-refractivity contribution >= 4 is 5.97 Å². The standard InChI is InChI=1S/C24H30F4O6/c25-23-18(24(26,27)28)4-2-5-20(23)34-13-15(29)8-10-16-17-9-7-14(3-1-6-22(31)32)12-33-21(17)11-19(16)30/h2,4-5,8,10,14-17,19,21,29-30H,1,3,6-7,9,11-13H2,(H,31,32)/b10-8+/t14-,15+,16+,17+,19+,21-/m0/s1. The summed E-state index contributed by atoms with van der Waals surface area (Å²) in [4.78, 5) is 10.7. The third-order valence-electron chi connectivity index (χ3n) is 6.58. The predicted molar refractivity (Wildman–Crippen MR) is 114 cm³/mol. The van der Waals surface area contributed by atoms with E-state index < -0.39 is 48.1 Å². The molecule has 6 atom stereocenters. The van der Waals surface area contributed by atoms with Gasteiger partial charge < -0.3 is 24.8 Å². The first-order valence-corrected chi connectivity index (χ1v) is 11.4. The van der Waals surface area contributed by atoms with Gasteiger partial charge in [0.1, 0.15) is 12.7 Å². The molecule has 1 aromatic rings. The van der Waals surface area contributed by atoms with Crippen molar-refractivity contribution in [3.05, 3.63) is 41.7 Å². The Bertz CT molecular complexity index is 858. The summed E-state index contributed by atoms with van der Waals surface area (Å²) in [7, 11) is 0. The van der Waals surface area contributed by atoms with Gasteiger partial charge in [-0.05, 0) is 49.7 Å². The first-order chi connectivity index (χ1) is 16.1. The lowest BCUT2D eigenvalue weighted by Gasteiger charge is -2.21. The lowest BCUT2D eigenvalue weighted by molar-refractivity contribution is -0.140. The van der Waals surface area contributed by atoms with Crippen LogP contribution in [-0.4, -0.2) is 52.8 Å². The second kappa shape index (κ2) is 11.5. The van der Waals surface area contributed by atoms with E-state index >= 15 is 0 Å². The number of ether oxygens (including phenoxy) is 2. The SMILES string of the molecule is O=C(O)CCC[C@H]1CC[C@@H]2[C@@H](/C=C/[C@@H](O)COc3cccc(C(F)(F)F)c3F)[C@H](O)C[C@@H]2OC1. The molecule has 1 aromatic carbocycles. The molecule has 1 heterocycles. The van der Waals surface area contributed by atoms with Gasteiger partial charge in [0, 0.05) is 25.4 Å². The number of aliphatic hydroxyl groups excluding tert-OH is 2. The Kier molecular flexibility index (Phi) is 8.95. The average Bonchev–Trinajstić information content (AvgIpc) is 2.92. The highest BCUT2D eigenvalue weighted by atomic mass is 19.4. The van der Waals surface area contributed by atoms with Crippen LogP contribution in [0.15, 0.2) is 30.4 Å². The number of carboxylic acid groups (broad SMARTS) is 1. The minimum absolute atomic E-state index is 0.0322. The fraction of sp³-hybridized carbons (Fsp3) is 0.625. The third kappa shape index (κ3) is 6.93. The molecule has 0 bridgehead atoms. The topological polar surface area (TPSA) is 96.2 Å². The van der Waals surface area contributed by atoms with E-state index in [2.05, 4.69) is 0 Å². The number of halogens is 4. The van der Waals surface area contributed by atoms with Crippen LogP contribution in [0.4, 0.5) is 17.6 Å². The van der Waals surface area contributed by atoms with E-state index in [1.807, 2.05) is 0 Å². The van der Waals surface area contributed by atoms with Crippen molar-refractivity contribution in [3.8, 4) is 5.75 Å². The van der Waals surface area contributed by atoms with Gasteiger partial charge >= 0.3 is 12.1 Å². The molecular weight excluding hydrogens is 460 g/mol. The molecule has 1 aliphatic heterocycles. The summed E-state index contributed by atoms with van der Waals surface area (Å²) in [6.45, 7) is 0.0662. The summed E-state index contributed by atoms with van der Waals surface area (Å²) in [6.07, 6.45) is -0.248. The molecule has 190 valence electrons. The molecule has 34 heavy (non-hydrogen) atoms. The molecule has 3 rings (SSSR count). The summed E-state index contributed by atoms with van der Waals surface area (Å²) in [5, 5.41) is 29.5. The van der Waals surface area contributed by atoms with Gasteiger partial charge in [0.2, 0.25) is 0 Å². The minimum atomic E-state index is -4.85. The molecular formula is C24H30F4O6. The maximum atomic E-state index is 14.1. The Morgan fingerprint density at radius 1 is 1.29 bits per heavy atom. The molecule has 0 unspecified atom stereocenters. The van der Waals surface area contributed by atoms with Crippen molar-refractivity contribution in [1.29, 1.82) is 0 Å². The van der Waals surface area contributed by atoms with Crippen molar-refractivity contribution < 1.29 is 47.1 Å². The van der Waals surface area contributed by atoms with Crippen molar-refractivity contribution in [2.75, 3.05) is 13.2 Å². The molecule has 0 radical (unpaired) electrons. The number of fused-ring (bicyclic) bond motifs is 1. The van der Waals surface area contributed by atoms with E-state index in [4.69, 9.17) is 14.6 Å². The van der Waals surface area contributed by atoms with Crippen LogP contribution < -0.4 is 4.74 Å². The molecule has 2 aliphatic rings. The summed E-state index contributed by atoms with van der Waals surface area (Å²) >= 11 is 0. The fourth-order valence-electron chi connectivity index (χ4n) is 4.81. The zero-order valence-electron chi connectivity index (χ0n) is 18.6. The number of rotatable bonds is 9. The van der Waals surface area contributed by atoms with E-state index in [1.165, 1.54) is 6.08 Å². The second-order valence-corrected chi connectivity index (χ2v) is 9.02. The van der Waals surface area contributed by atoms with Crippen LogP contribution in [0.25, 0.3) is 0 Å². The Labute approximate surface area is 195 Å². The van der Waals surface area contributed by atoms with Gasteiger partial charge in [0.15, 0.2) is 11.6 Å². The summed E-state index contributed by atoms with van der Waals surface area (Å²) < 4.78 is 63.6. The van der Waals surface area contributed by atoms with Crippen LogP contribution in [0.5, 0.6) is 5.75 Å². The van der Waals surface area contributed by atoms with Crippen LogP contribution in [0.2, 0.25) is 0 Å². The van der Waals surface area contributed by atoms with Gasteiger partial charge in [0.25, 0.3) is 0 Å². The van der Waals surface area contributed by atoms with Crippen molar-refractivity contribution in [2.45, 2.75) is 63.0 Å². The molecule has 1 saturated heterocycles. The molecule has 0 amide bonds. The van der Waals surface area contributed by atoms with Crippen LogP contribution in [0, 0.1) is 23.6 Å². The largest absolute Gasteiger partial charge is 0.487 e. The molecule has 1 saturated carbocycles. The van der Waals surface area contributed by atoms with E-state index in [-0.39, 0.29) is 30.3 Å². The van der Waals surface area contributed by atoms with Crippen molar-refractivity contribution in [1.82, 2.24) is 0 Å². The highest BCUT2D eigenvalue weighted by Crippen LogP contribution is 2.42. The molecule has 2 fully saturated rings. The summed E-state index contributed by atoms with van der Waals surface area (Å²) in [5.41, 5.74) is -1.44. The summed E-state index contributed by atoms with van der Waals surface area (Å²) in [5.74, 6) is -2.94.